The number of carbonyl (C=O) groups is 1. The van der Waals surface area contributed by atoms with Crippen LogP contribution in [0.4, 0.5) is 10.2 Å². The van der Waals surface area contributed by atoms with Gasteiger partial charge in [0.15, 0.2) is 33.6 Å². The average Bonchev–Trinajstić information content (AvgIpc) is 3.24. The number of amides is 1. The zero-order chi connectivity index (χ0) is 24.1. The smallest absolute Gasteiger partial charge is 0.231 e. The van der Waals surface area contributed by atoms with Crippen molar-refractivity contribution in [2.45, 2.75) is 48.5 Å². The number of benzene rings is 1. The van der Waals surface area contributed by atoms with Gasteiger partial charge in [-0.05, 0) is 59.7 Å². The Morgan fingerprint density at radius 2 is 1.97 bits per heavy atom. The van der Waals surface area contributed by atoms with E-state index in [0.29, 0.717) is 60.5 Å². The number of ether oxygens (including phenoxy) is 2. The van der Waals surface area contributed by atoms with Crippen molar-refractivity contribution in [2.24, 2.45) is 11.8 Å². The van der Waals surface area contributed by atoms with E-state index in [1.807, 2.05) is 17.0 Å². The zero-order valence-corrected chi connectivity index (χ0v) is 21.2. The summed E-state index contributed by atoms with van der Waals surface area (Å²) < 4.78 is 27.3. The summed E-state index contributed by atoms with van der Waals surface area (Å²) >= 11 is 5.13. The van der Waals surface area contributed by atoms with Crippen LogP contribution in [0.15, 0.2) is 33.0 Å². The lowest BCUT2D eigenvalue weighted by Gasteiger charge is -2.32. The van der Waals surface area contributed by atoms with E-state index in [1.54, 1.807) is 0 Å². The maximum absolute atomic E-state index is 13.3. The Morgan fingerprint density at radius 1 is 1.23 bits per heavy atom. The highest BCUT2D eigenvalue weighted by Crippen LogP contribution is 2.43. The van der Waals surface area contributed by atoms with Gasteiger partial charge in [-0.1, -0.05) is 11.8 Å². The summed E-state index contributed by atoms with van der Waals surface area (Å²) in [6.07, 6.45) is 3.65. The summed E-state index contributed by atoms with van der Waals surface area (Å²) in [7, 11) is 0. The molecule has 2 atom stereocenters. The Labute approximate surface area is 213 Å². The quantitative estimate of drug-likeness (QED) is 0.479. The summed E-state index contributed by atoms with van der Waals surface area (Å²) in [6, 6.07) is 3.83. The molecule has 1 aromatic carbocycles. The number of alkyl halides is 1. The molecule has 0 unspecified atom stereocenters. The Bertz CT molecular complexity index is 1300. The average molecular weight is 563 g/mol. The number of aromatic nitrogens is 4. The third kappa shape index (κ3) is 4.42. The highest BCUT2D eigenvalue weighted by Gasteiger charge is 2.46. The van der Waals surface area contributed by atoms with Gasteiger partial charge in [0.25, 0.3) is 0 Å². The van der Waals surface area contributed by atoms with Crippen molar-refractivity contribution in [1.29, 1.82) is 0 Å². The molecule has 2 aliphatic heterocycles. The molecule has 1 saturated carbocycles. The second kappa shape index (κ2) is 9.12. The van der Waals surface area contributed by atoms with Crippen LogP contribution >= 0.6 is 27.7 Å². The number of piperidine rings is 1. The Balaban J connectivity index is 1.19. The van der Waals surface area contributed by atoms with Crippen molar-refractivity contribution in [1.82, 2.24) is 24.4 Å². The van der Waals surface area contributed by atoms with Gasteiger partial charge in [-0.2, -0.15) is 0 Å². The van der Waals surface area contributed by atoms with Crippen LogP contribution < -0.4 is 15.2 Å². The monoisotopic (exact) mass is 562 g/mol. The number of nitrogen functional groups attached to an aromatic ring is 1. The Morgan fingerprint density at radius 3 is 2.71 bits per heavy atom. The van der Waals surface area contributed by atoms with E-state index >= 15 is 0 Å². The van der Waals surface area contributed by atoms with Crippen LogP contribution in [-0.2, 0) is 11.3 Å². The molecule has 2 aromatic heterocycles. The lowest BCUT2D eigenvalue weighted by molar-refractivity contribution is -0.134. The molecular weight excluding hydrogens is 539 g/mol. The number of nitrogens with two attached hydrogens (primary N) is 1. The lowest BCUT2D eigenvalue weighted by atomic mass is 9.93. The molecular formula is C23H24BrFN6O3S. The number of nitrogens with zero attached hydrogens (tertiary/aromatic N) is 5. The molecule has 9 nitrogen and oxygen atoms in total. The fourth-order valence-corrected chi connectivity index (χ4v) is 6.21. The molecule has 0 radical (unpaired) electrons. The number of carbonyl (C=O) groups excluding carboxylic acids is 1. The van der Waals surface area contributed by atoms with Crippen LogP contribution in [0.3, 0.4) is 0 Å². The molecule has 184 valence electrons. The van der Waals surface area contributed by atoms with E-state index in [2.05, 4.69) is 30.5 Å². The Kier molecular flexibility index (Phi) is 5.95. The molecule has 1 aliphatic carbocycles. The number of rotatable bonds is 6. The number of anilines is 1. The predicted octanol–water partition coefficient (Wildman–Crippen LogP) is 4.04. The first-order chi connectivity index (χ1) is 17.0. The number of aryl methyl sites for hydroxylation is 1. The number of likely N-dealkylation sites (tertiary alicyclic amines) is 1. The van der Waals surface area contributed by atoms with E-state index in [0.717, 1.165) is 33.8 Å². The highest BCUT2D eigenvalue weighted by molar-refractivity contribution is 9.10. The van der Waals surface area contributed by atoms with Crippen molar-refractivity contribution in [3.63, 3.8) is 0 Å². The fourth-order valence-electron chi connectivity index (χ4n) is 4.70. The topological polar surface area (TPSA) is 108 Å². The van der Waals surface area contributed by atoms with Crippen LogP contribution in [0.2, 0.25) is 0 Å². The molecule has 0 bridgehead atoms. The molecule has 3 aromatic rings. The minimum atomic E-state index is -0.940. The van der Waals surface area contributed by atoms with E-state index in [9.17, 15) is 9.18 Å². The standard InChI is InChI=1S/C23H24BrFN6O3S/c24-14-8-16-17(34-11-33-16)9-18(14)35-23-29-19-20(26)27-10-28-21(19)31(23)6-3-12-1-4-30(5-2-12)22(32)13-7-15(13)25/h8-10,12-13,15H,1-7,11H2,(H2,26,27,28)/t13-,15-/m0/s1. The SMILES string of the molecule is Nc1ncnc2c1nc(Sc1cc3c(cc1Br)OCO3)n2CCC1CCN(C(=O)[C@H]2C[C@@H]2F)CC1. The van der Waals surface area contributed by atoms with Crippen LogP contribution in [0, 0.1) is 11.8 Å². The molecule has 1 amide bonds. The van der Waals surface area contributed by atoms with E-state index < -0.39 is 12.1 Å². The van der Waals surface area contributed by atoms with Crippen molar-refractivity contribution in [3.8, 4) is 11.5 Å². The lowest BCUT2D eigenvalue weighted by Crippen LogP contribution is -2.39. The summed E-state index contributed by atoms with van der Waals surface area (Å²) in [5.74, 6) is 1.80. The second-order valence-electron chi connectivity index (χ2n) is 9.13. The number of imidazole rings is 1. The molecule has 0 spiro atoms. The van der Waals surface area contributed by atoms with Gasteiger partial charge >= 0.3 is 0 Å². The van der Waals surface area contributed by atoms with Crippen molar-refractivity contribution in [2.75, 3.05) is 25.6 Å². The maximum atomic E-state index is 13.3. The first kappa shape index (κ1) is 22.8. The van der Waals surface area contributed by atoms with Crippen LogP contribution in [0.25, 0.3) is 11.2 Å². The van der Waals surface area contributed by atoms with Gasteiger partial charge in [-0.25, -0.2) is 19.3 Å². The van der Waals surface area contributed by atoms with Crippen molar-refractivity contribution in [3.05, 3.63) is 22.9 Å². The predicted molar refractivity (Wildman–Crippen MR) is 131 cm³/mol. The fraction of sp³-hybridized carbons (Fsp3) is 0.478. The van der Waals surface area contributed by atoms with Gasteiger partial charge in [-0.15, -0.1) is 0 Å². The maximum Gasteiger partial charge on any atom is 0.231 e. The van der Waals surface area contributed by atoms with Gasteiger partial charge in [0.2, 0.25) is 12.7 Å². The van der Waals surface area contributed by atoms with Crippen LogP contribution in [-0.4, -0.2) is 56.4 Å². The third-order valence-corrected chi connectivity index (χ3v) is 8.84. The first-order valence-electron chi connectivity index (χ1n) is 11.6. The number of hydrogen-bond acceptors (Lipinski definition) is 8. The summed E-state index contributed by atoms with van der Waals surface area (Å²) in [5.41, 5.74) is 7.39. The van der Waals surface area contributed by atoms with Crippen molar-refractivity contribution >= 4 is 50.6 Å². The van der Waals surface area contributed by atoms with Gasteiger partial charge in [0, 0.05) is 29.0 Å². The molecule has 3 aliphatic rings. The zero-order valence-electron chi connectivity index (χ0n) is 18.8. The van der Waals surface area contributed by atoms with Gasteiger partial charge < -0.3 is 24.7 Å². The number of halogens is 2. The van der Waals surface area contributed by atoms with E-state index in [4.69, 9.17) is 20.2 Å². The number of hydrogen-bond donors (Lipinski definition) is 1. The van der Waals surface area contributed by atoms with Gasteiger partial charge in [-0.3, -0.25) is 4.79 Å². The molecule has 2 N–H and O–H groups in total. The van der Waals surface area contributed by atoms with Gasteiger partial charge in [0.1, 0.15) is 12.5 Å². The Hall–Kier alpha value is -2.60. The van der Waals surface area contributed by atoms with Gasteiger partial charge in [0.05, 0.1) is 5.92 Å². The highest BCUT2D eigenvalue weighted by atomic mass is 79.9. The number of fused-ring (bicyclic) bond motifs is 2. The van der Waals surface area contributed by atoms with Crippen molar-refractivity contribution < 1.29 is 18.7 Å². The molecule has 6 rings (SSSR count). The molecule has 2 fully saturated rings. The molecule has 1 saturated heterocycles. The third-order valence-electron chi connectivity index (χ3n) is 6.87. The molecule has 4 heterocycles. The van der Waals surface area contributed by atoms with Crippen LogP contribution in [0.5, 0.6) is 11.5 Å². The largest absolute Gasteiger partial charge is 0.454 e. The van der Waals surface area contributed by atoms with Crippen LogP contribution in [0.1, 0.15) is 25.7 Å². The normalized spacial score (nSPS) is 21.6. The minimum Gasteiger partial charge on any atom is -0.454 e. The molecule has 12 heteroatoms. The minimum absolute atomic E-state index is 0.0169. The summed E-state index contributed by atoms with van der Waals surface area (Å²) in [4.78, 5) is 28.5. The van der Waals surface area contributed by atoms with E-state index in [1.165, 1.54) is 18.1 Å². The second-order valence-corrected chi connectivity index (χ2v) is 11.0. The summed E-state index contributed by atoms with van der Waals surface area (Å²) in [5, 5.41) is 0.766. The first-order valence-corrected chi connectivity index (χ1v) is 13.3. The van der Waals surface area contributed by atoms with E-state index in [-0.39, 0.29) is 12.7 Å². The molecule has 35 heavy (non-hydrogen) atoms. The summed E-state index contributed by atoms with van der Waals surface area (Å²) in [6.45, 7) is 2.31.